The maximum absolute atomic E-state index is 12.8. The lowest BCUT2D eigenvalue weighted by Gasteiger charge is -2.29. The van der Waals surface area contributed by atoms with Gasteiger partial charge < -0.3 is 14.4 Å². The Hall–Kier alpha value is -2.33. The summed E-state index contributed by atoms with van der Waals surface area (Å²) in [5.74, 6) is 0.871. The van der Waals surface area contributed by atoms with Gasteiger partial charge in [-0.3, -0.25) is 4.79 Å². The average molecular weight is 337 g/mol. The van der Waals surface area contributed by atoms with Crippen LogP contribution in [0.5, 0.6) is 5.75 Å². The van der Waals surface area contributed by atoms with E-state index in [-0.39, 0.29) is 12.0 Å². The minimum atomic E-state index is 0.0835. The van der Waals surface area contributed by atoms with Crippen LogP contribution in [-0.4, -0.2) is 36.7 Å². The minimum Gasteiger partial charge on any atom is -0.491 e. The van der Waals surface area contributed by atoms with Gasteiger partial charge in [-0.15, -0.1) is 0 Å². The van der Waals surface area contributed by atoms with Crippen molar-refractivity contribution < 1.29 is 14.3 Å². The van der Waals surface area contributed by atoms with Gasteiger partial charge in [0.25, 0.3) is 5.91 Å². The van der Waals surface area contributed by atoms with Crippen LogP contribution in [0.15, 0.2) is 48.5 Å². The molecule has 4 rings (SSSR count). The first-order chi connectivity index (χ1) is 12.3. The zero-order valence-electron chi connectivity index (χ0n) is 14.3. The summed E-state index contributed by atoms with van der Waals surface area (Å²) in [6.07, 6.45) is 3.30. The second-order valence-corrected chi connectivity index (χ2v) is 6.72. The molecule has 25 heavy (non-hydrogen) atoms. The largest absolute Gasteiger partial charge is 0.491 e. The molecule has 0 bridgehead atoms. The van der Waals surface area contributed by atoms with E-state index in [1.165, 1.54) is 11.1 Å². The molecular weight excluding hydrogens is 314 g/mol. The first-order valence-electron chi connectivity index (χ1n) is 9.00. The van der Waals surface area contributed by atoms with Gasteiger partial charge in [0, 0.05) is 25.3 Å². The number of nitrogens with zero attached hydrogens (tertiary/aromatic N) is 1. The van der Waals surface area contributed by atoms with Gasteiger partial charge in [-0.2, -0.15) is 0 Å². The van der Waals surface area contributed by atoms with E-state index >= 15 is 0 Å². The summed E-state index contributed by atoms with van der Waals surface area (Å²) in [5.41, 5.74) is 3.31. The summed E-state index contributed by atoms with van der Waals surface area (Å²) in [5, 5.41) is 0. The number of hydrogen-bond donors (Lipinski definition) is 0. The van der Waals surface area contributed by atoms with Crippen molar-refractivity contribution >= 4 is 5.91 Å². The minimum absolute atomic E-state index is 0.0835. The fourth-order valence-electron chi connectivity index (χ4n) is 3.51. The van der Waals surface area contributed by atoms with Crippen molar-refractivity contribution in [1.29, 1.82) is 0 Å². The number of carbonyl (C=O) groups excluding carboxylic acids is 1. The third-order valence-corrected chi connectivity index (χ3v) is 4.98. The first kappa shape index (κ1) is 16.2. The molecule has 1 amide bonds. The number of carbonyl (C=O) groups is 1. The highest BCUT2D eigenvalue weighted by Crippen LogP contribution is 2.22. The molecule has 4 heteroatoms. The molecule has 2 aliphatic rings. The number of fused-ring (bicyclic) bond motifs is 1. The van der Waals surface area contributed by atoms with Crippen LogP contribution in [-0.2, 0) is 17.7 Å². The van der Waals surface area contributed by atoms with Gasteiger partial charge in [0.05, 0.1) is 6.10 Å². The maximum Gasteiger partial charge on any atom is 0.254 e. The van der Waals surface area contributed by atoms with Crippen LogP contribution in [0.25, 0.3) is 0 Å². The van der Waals surface area contributed by atoms with Crippen LogP contribution in [0.2, 0.25) is 0 Å². The van der Waals surface area contributed by atoms with Crippen LogP contribution in [0.1, 0.15) is 34.3 Å². The summed E-state index contributed by atoms with van der Waals surface area (Å²) in [6, 6.07) is 15.8. The van der Waals surface area contributed by atoms with Gasteiger partial charge in [0.1, 0.15) is 12.4 Å². The Labute approximate surface area is 148 Å². The van der Waals surface area contributed by atoms with Gasteiger partial charge in [0.2, 0.25) is 0 Å². The molecule has 1 saturated heterocycles. The Bertz CT molecular complexity index is 735. The van der Waals surface area contributed by atoms with Crippen molar-refractivity contribution in [2.45, 2.75) is 31.9 Å². The lowest BCUT2D eigenvalue weighted by Crippen LogP contribution is -2.35. The summed E-state index contributed by atoms with van der Waals surface area (Å²) >= 11 is 0. The lowest BCUT2D eigenvalue weighted by atomic mass is 9.99. The predicted molar refractivity (Wildman–Crippen MR) is 95.8 cm³/mol. The van der Waals surface area contributed by atoms with Gasteiger partial charge in [-0.1, -0.05) is 24.3 Å². The van der Waals surface area contributed by atoms with E-state index in [4.69, 9.17) is 9.47 Å². The van der Waals surface area contributed by atoms with Crippen LogP contribution in [0, 0.1) is 0 Å². The molecular formula is C21H23NO3. The zero-order chi connectivity index (χ0) is 17.1. The molecule has 2 aliphatic heterocycles. The Balaban J connectivity index is 1.37. The smallest absolute Gasteiger partial charge is 0.254 e. The number of hydrogen-bond acceptors (Lipinski definition) is 3. The van der Waals surface area contributed by atoms with Crippen molar-refractivity contribution in [2.75, 3.05) is 19.8 Å². The van der Waals surface area contributed by atoms with Gasteiger partial charge in [-0.25, -0.2) is 0 Å². The standard InChI is InChI=1S/C21H23NO3/c23-21(22-12-11-16-4-1-2-5-18(16)14-22)17-7-9-19(10-8-17)25-15-20-6-3-13-24-20/h1-2,4-5,7-10,20H,3,6,11-15H2/t20-/m1/s1. The van der Waals surface area contributed by atoms with Crippen LogP contribution >= 0.6 is 0 Å². The van der Waals surface area contributed by atoms with Crippen LogP contribution in [0.4, 0.5) is 0 Å². The first-order valence-corrected chi connectivity index (χ1v) is 9.00. The molecule has 0 N–H and O–H groups in total. The normalized spacial score (nSPS) is 19.5. The SMILES string of the molecule is O=C(c1ccc(OC[C@H]2CCCO2)cc1)N1CCc2ccccc2C1. The molecule has 2 heterocycles. The van der Waals surface area contributed by atoms with Crippen LogP contribution < -0.4 is 4.74 Å². The van der Waals surface area contributed by atoms with E-state index in [1.54, 1.807) is 0 Å². The number of amides is 1. The molecule has 0 radical (unpaired) electrons. The van der Waals surface area contributed by atoms with Gasteiger partial charge in [0.15, 0.2) is 0 Å². The monoisotopic (exact) mass is 337 g/mol. The molecule has 2 aromatic carbocycles. The molecule has 130 valence electrons. The fourth-order valence-corrected chi connectivity index (χ4v) is 3.51. The van der Waals surface area contributed by atoms with E-state index in [0.29, 0.717) is 18.7 Å². The molecule has 2 aromatic rings. The topological polar surface area (TPSA) is 38.8 Å². The zero-order valence-corrected chi connectivity index (χ0v) is 14.3. The van der Waals surface area contributed by atoms with E-state index in [9.17, 15) is 4.79 Å². The molecule has 0 saturated carbocycles. The summed E-state index contributed by atoms with van der Waals surface area (Å²) in [6.45, 7) is 2.87. The van der Waals surface area contributed by atoms with E-state index in [1.807, 2.05) is 35.2 Å². The fraction of sp³-hybridized carbons (Fsp3) is 0.381. The van der Waals surface area contributed by atoms with E-state index < -0.39 is 0 Å². The lowest BCUT2D eigenvalue weighted by molar-refractivity contribution is 0.0678. The number of benzene rings is 2. The molecule has 4 nitrogen and oxygen atoms in total. The van der Waals surface area contributed by atoms with Crippen molar-refractivity contribution in [1.82, 2.24) is 4.90 Å². The summed E-state index contributed by atoms with van der Waals surface area (Å²) in [4.78, 5) is 14.7. The third-order valence-electron chi connectivity index (χ3n) is 4.98. The average Bonchev–Trinajstić information content (AvgIpc) is 3.19. The molecule has 0 aliphatic carbocycles. The van der Waals surface area contributed by atoms with Crippen molar-refractivity contribution in [3.63, 3.8) is 0 Å². The molecule has 0 unspecified atom stereocenters. The summed E-state index contributed by atoms with van der Waals surface area (Å²) in [7, 11) is 0. The van der Waals surface area contributed by atoms with E-state index in [2.05, 4.69) is 18.2 Å². The second kappa shape index (κ2) is 7.28. The Kier molecular flexibility index (Phi) is 4.70. The highest BCUT2D eigenvalue weighted by atomic mass is 16.5. The van der Waals surface area contributed by atoms with Crippen molar-refractivity contribution in [3.8, 4) is 5.75 Å². The van der Waals surface area contributed by atoms with Crippen LogP contribution in [0.3, 0.4) is 0 Å². The van der Waals surface area contributed by atoms with Crippen molar-refractivity contribution in [3.05, 3.63) is 65.2 Å². The predicted octanol–water partition coefficient (Wildman–Crippen LogP) is 3.44. The maximum atomic E-state index is 12.8. The molecule has 1 atom stereocenters. The van der Waals surface area contributed by atoms with Gasteiger partial charge in [-0.05, 0) is 54.7 Å². The quantitative estimate of drug-likeness (QED) is 0.858. The third kappa shape index (κ3) is 3.69. The highest BCUT2D eigenvalue weighted by molar-refractivity contribution is 5.94. The second-order valence-electron chi connectivity index (χ2n) is 6.72. The van der Waals surface area contributed by atoms with Gasteiger partial charge >= 0.3 is 0 Å². The summed E-state index contributed by atoms with van der Waals surface area (Å²) < 4.78 is 11.3. The van der Waals surface area contributed by atoms with Crippen molar-refractivity contribution in [2.24, 2.45) is 0 Å². The number of ether oxygens (including phenoxy) is 2. The molecule has 0 spiro atoms. The Morgan fingerprint density at radius 2 is 1.92 bits per heavy atom. The molecule has 1 fully saturated rings. The highest BCUT2D eigenvalue weighted by Gasteiger charge is 2.21. The molecule has 0 aromatic heterocycles. The van der Waals surface area contributed by atoms with E-state index in [0.717, 1.165) is 38.2 Å². The Morgan fingerprint density at radius 1 is 1.12 bits per heavy atom. The Morgan fingerprint density at radius 3 is 2.68 bits per heavy atom. The number of rotatable bonds is 4.